The molecule has 1 aliphatic rings. The first-order chi connectivity index (χ1) is 10.7. The molecule has 0 amide bonds. The molecule has 0 saturated carbocycles. The minimum absolute atomic E-state index is 0.0844. The van der Waals surface area contributed by atoms with Crippen LogP contribution in [0.2, 0.25) is 0 Å². The van der Waals surface area contributed by atoms with Gasteiger partial charge in [0, 0.05) is 39.8 Å². The summed E-state index contributed by atoms with van der Waals surface area (Å²) in [6.07, 6.45) is 6.94. The van der Waals surface area contributed by atoms with Gasteiger partial charge in [0.25, 0.3) is 0 Å². The van der Waals surface area contributed by atoms with Crippen molar-refractivity contribution in [3.8, 4) is 0 Å². The molecule has 0 aromatic rings. The maximum atomic E-state index is 9.51. The van der Waals surface area contributed by atoms with Crippen LogP contribution in [0.15, 0.2) is 17.6 Å². The van der Waals surface area contributed by atoms with E-state index in [1.165, 1.54) is 0 Å². The SMILES string of the molecule is C=CCCCN(C)C(=NCCCN1CCC(O)CC1)NCC. The average Bonchev–Trinajstić information content (AvgIpc) is 2.52. The van der Waals surface area contributed by atoms with E-state index in [-0.39, 0.29) is 6.10 Å². The van der Waals surface area contributed by atoms with Crippen LogP contribution in [0.4, 0.5) is 0 Å². The van der Waals surface area contributed by atoms with Gasteiger partial charge in [-0.05, 0) is 45.6 Å². The molecule has 0 bridgehead atoms. The van der Waals surface area contributed by atoms with Crippen molar-refractivity contribution in [2.24, 2.45) is 4.99 Å². The van der Waals surface area contributed by atoms with E-state index in [9.17, 15) is 5.11 Å². The van der Waals surface area contributed by atoms with E-state index in [1.807, 2.05) is 6.08 Å². The molecule has 1 rings (SSSR count). The summed E-state index contributed by atoms with van der Waals surface area (Å²) in [6, 6.07) is 0. The lowest BCUT2D eigenvalue weighted by Crippen LogP contribution is -2.39. The topological polar surface area (TPSA) is 51.1 Å². The van der Waals surface area contributed by atoms with Gasteiger partial charge in [0.1, 0.15) is 0 Å². The van der Waals surface area contributed by atoms with Crippen LogP contribution < -0.4 is 5.32 Å². The summed E-state index contributed by atoms with van der Waals surface area (Å²) in [6.45, 7) is 11.7. The highest BCUT2D eigenvalue weighted by Crippen LogP contribution is 2.09. The molecule has 1 aliphatic heterocycles. The van der Waals surface area contributed by atoms with Crippen LogP contribution in [0.5, 0.6) is 0 Å². The van der Waals surface area contributed by atoms with E-state index in [0.717, 1.165) is 77.3 Å². The number of nitrogens with zero attached hydrogens (tertiary/aromatic N) is 3. The fourth-order valence-electron chi connectivity index (χ4n) is 2.67. The van der Waals surface area contributed by atoms with Gasteiger partial charge in [0.05, 0.1) is 6.10 Å². The Morgan fingerprint density at radius 2 is 2.14 bits per heavy atom. The maximum absolute atomic E-state index is 9.51. The number of guanidine groups is 1. The third kappa shape index (κ3) is 7.80. The third-order valence-corrected chi connectivity index (χ3v) is 4.05. The zero-order valence-corrected chi connectivity index (χ0v) is 14.4. The molecule has 0 aliphatic carbocycles. The van der Waals surface area contributed by atoms with E-state index in [2.05, 4.69) is 35.7 Å². The Morgan fingerprint density at radius 3 is 2.77 bits per heavy atom. The number of piperidine rings is 1. The standard InChI is InChI=1S/C17H34N4O/c1-4-6-7-12-20(3)17(18-5-2)19-11-8-13-21-14-9-16(22)10-15-21/h4,16,22H,1,5-15H2,2-3H3,(H,18,19). The van der Waals surface area contributed by atoms with Gasteiger partial charge in [0.15, 0.2) is 5.96 Å². The zero-order chi connectivity index (χ0) is 16.2. The van der Waals surface area contributed by atoms with Crippen LogP contribution in [0, 0.1) is 0 Å². The highest BCUT2D eigenvalue weighted by molar-refractivity contribution is 5.79. The Hall–Kier alpha value is -1.07. The quantitative estimate of drug-likeness (QED) is 0.294. The van der Waals surface area contributed by atoms with E-state index in [1.54, 1.807) is 0 Å². The van der Waals surface area contributed by atoms with Crippen molar-refractivity contribution < 1.29 is 5.11 Å². The first-order valence-corrected chi connectivity index (χ1v) is 8.68. The number of likely N-dealkylation sites (tertiary alicyclic amines) is 1. The molecule has 0 unspecified atom stereocenters. The molecular weight excluding hydrogens is 276 g/mol. The van der Waals surface area contributed by atoms with Crippen LogP contribution in [0.1, 0.15) is 39.0 Å². The lowest BCUT2D eigenvalue weighted by molar-refractivity contribution is 0.0824. The van der Waals surface area contributed by atoms with Crippen LogP contribution in [-0.4, -0.2) is 73.3 Å². The Bertz CT molecular complexity index is 325. The number of nitrogens with one attached hydrogen (secondary N) is 1. The van der Waals surface area contributed by atoms with Gasteiger partial charge in [-0.3, -0.25) is 4.99 Å². The van der Waals surface area contributed by atoms with Gasteiger partial charge in [-0.1, -0.05) is 6.08 Å². The first-order valence-electron chi connectivity index (χ1n) is 8.68. The highest BCUT2D eigenvalue weighted by atomic mass is 16.3. The molecular formula is C17H34N4O. The number of hydrogen-bond donors (Lipinski definition) is 2. The van der Waals surface area contributed by atoms with E-state index < -0.39 is 0 Å². The lowest BCUT2D eigenvalue weighted by Gasteiger charge is -2.29. The van der Waals surface area contributed by atoms with Gasteiger partial charge < -0.3 is 20.2 Å². The number of aliphatic hydroxyl groups excluding tert-OH is 1. The normalized spacial score (nSPS) is 17.5. The second-order valence-electron chi connectivity index (χ2n) is 6.01. The molecule has 22 heavy (non-hydrogen) atoms. The molecule has 5 nitrogen and oxygen atoms in total. The number of aliphatic hydroxyl groups is 1. The summed E-state index contributed by atoms with van der Waals surface area (Å²) in [7, 11) is 2.09. The first kappa shape index (κ1) is 19.0. The van der Waals surface area contributed by atoms with Crippen molar-refractivity contribution >= 4 is 5.96 Å². The zero-order valence-electron chi connectivity index (χ0n) is 14.4. The smallest absolute Gasteiger partial charge is 0.193 e. The van der Waals surface area contributed by atoms with Gasteiger partial charge in [-0.25, -0.2) is 0 Å². The summed E-state index contributed by atoms with van der Waals surface area (Å²) < 4.78 is 0. The number of hydrogen-bond acceptors (Lipinski definition) is 3. The van der Waals surface area contributed by atoms with Gasteiger partial charge in [-0.15, -0.1) is 6.58 Å². The molecule has 0 spiro atoms. The third-order valence-electron chi connectivity index (χ3n) is 4.05. The fourth-order valence-corrected chi connectivity index (χ4v) is 2.67. The summed E-state index contributed by atoms with van der Waals surface area (Å²) in [4.78, 5) is 9.35. The number of rotatable bonds is 9. The second kappa shape index (κ2) is 11.5. The van der Waals surface area contributed by atoms with E-state index in [4.69, 9.17) is 4.99 Å². The minimum Gasteiger partial charge on any atom is -0.393 e. The van der Waals surface area contributed by atoms with Crippen LogP contribution in [-0.2, 0) is 0 Å². The molecule has 0 aromatic carbocycles. The summed E-state index contributed by atoms with van der Waals surface area (Å²) in [5.41, 5.74) is 0. The summed E-state index contributed by atoms with van der Waals surface area (Å²) in [5.74, 6) is 1.00. The predicted molar refractivity (Wildman–Crippen MR) is 94.3 cm³/mol. The summed E-state index contributed by atoms with van der Waals surface area (Å²) >= 11 is 0. The Balaban J connectivity index is 2.27. The van der Waals surface area contributed by atoms with Crippen molar-refractivity contribution in [2.75, 3.05) is 46.3 Å². The van der Waals surface area contributed by atoms with Gasteiger partial charge in [0.2, 0.25) is 0 Å². The van der Waals surface area contributed by atoms with Crippen LogP contribution in [0.3, 0.4) is 0 Å². The molecule has 0 radical (unpaired) electrons. The Kier molecular flexibility index (Phi) is 9.91. The molecule has 0 atom stereocenters. The number of unbranched alkanes of at least 4 members (excludes halogenated alkanes) is 1. The lowest BCUT2D eigenvalue weighted by atomic mass is 10.1. The Morgan fingerprint density at radius 1 is 1.41 bits per heavy atom. The van der Waals surface area contributed by atoms with Crippen molar-refractivity contribution in [3.05, 3.63) is 12.7 Å². The molecule has 1 fully saturated rings. The summed E-state index contributed by atoms with van der Waals surface area (Å²) in [5, 5.41) is 12.9. The average molecular weight is 310 g/mol. The number of aliphatic imine (C=N–C) groups is 1. The van der Waals surface area contributed by atoms with Crippen LogP contribution >= 0.6 is 0 Å². The molecule has 1 heterocycles. The molecule has 128 valence electrons. The Labute approximate surface area is 136 Å². The van der Waals surface area contributed by atoms with E-state index >= 15 is 0 Å². The largest absolute Gasteiger partial charge is 0.393 e. The van der Waals surface area contributed by atoms with Crippen LogP contribution in [0.25, 0.3) is 0 Å². The van der Waals surface area contributed by atoms with Crippen molar-refractivity contribution in [1.29, 1.82) is 0 Å². The molecule has 1 saturated heterocycles. The molecule has 2 N–H and O–H groups in total. The van der Waals surface area contributed by atoms with Gasteiger partial charge >= 0.3 is 0 Å². The number of allylic oxidation sites excluding steroid dienone is 1. The van der Waals surface area contributed by atoms with Crippen molar-refractivity contribution in [3.63, 3.8) is 0 Å². The van der Waals surface area contributed by atoms with E-state index in [0.29, 0.717) is 0 Å². The van der Waals surface area contributed by atoms with Gasteiger partial charge in [-0.2, -0.15) is 0 Å². The fraction of sp³-hybridized carbons (Fsp3) is 0.824. The molecule has 0 aromatic heterocycles. The van der Waals surface area contributed by atoms with Crippen molar-refractivity contribution in [2.45, 2.75) is 45.1 Å². The predicted octanol–water partition coefficient (Wildman–Crippen LogP) is 1.70. The van der Waals surface area contributed by atoms with Crippen molar-refractivity contribution in [1.82, 2.24) is 15.1 Å². The minimum atomic E-state index is -0.0844. The highest BCUT2D eigenvalue weighted by Gasteiger charge is 2.16. The second-order valence-corrected chi connectivity index (χ2v) is 6.01. The maximum Gasteiger partial charge on any atom is 0.193 e. The molecule has 5 heteroatoms. The monoisotopic (exact) mass is 310 g/mol.